The van der Waals surface area contributed by atoms with Crippen molar-refractivity contribution in [3.05, 3.63) is 0 Å². The Morgan fingerprint density at radius 3 is 2.06 bits per heavy atom. The number of carboxylic acid groups (broad SMARTS) is 1. The van der Waals surface area contributed by atoms with Gasteiger partial charge in [-0.1, -0.05) is 20.8 Å². The molecule has 0 fully saturated rings. The van der Waals surface area contributed by atoms with E-state index < -0.39 is 5.97 Å². The van der Waals surface area contributed by atoms with Crippen molar-refractivity contribution in [1.82, 2.24) is 10.6 Å². The summed E-state index contributed by atoms with van der Waals surface area (Å²) in [5.74, 6) is -0.834. The molecule has 5 heteroatoms. The molecule has 0 saturated carbocycles. The van der Waals surface area contributed by atoms with Crippen LogP contribution in [-0.4, -0.2) is 30.2 Å². The number of amides is 2. The monoisotopic (exact) mass is 258 g/mol. The van der Waals surface area contributed by atoms with Crippen molar-refractivity contribution >= 4 is 12.0 Å². The molecule has 0 aromatic rings. The van der Waals surface area contributed by atoms with E-state index in [0.29, 0.717) is 19.5 Å². The second kappa shape index (κ2) is 8.78. The highest BCUT2D eigenvalue weighted by Gasteiger charge is 2.24. The van der Waals surface area contributed by atoms with Crippen LogP contribution in [0.25, 0.3) is 0 Å². The SMILES string of the molecule is CCC(CC)(CC)CNC(=O)NCCCC(=O)O. The number of nitrogens with one attached hydrogen (secondary N) is 2. The van der Waals surface area contributed by atoms with Gasteiger partial charge < -0.3 is 15.7 Å². The van der Waals surface area contributed by atoms with Crippen LogP contribution in [0.3, 0.4) is 0 Å². The first-order valence-corrected chi connectivity index (χ1v) is 6.73. The van der Waals surface area contributed by atoms with E-state index in [-0.39, 0.29) is 17.9 Å². The van der Waals surface area contributed by atoms with Crippen LogP contribution in [0.4, 0.5) is 4.79 Å². The van der Waals surface area contributed by atoms with Gasteiger partial charge in [0.05, 0.1) is 0 Å². The first-order chi connectivity index (χ1) is 8.49. The molecule has 0 bridgehead atoms. The predicted octanol–water partition coefficient (Wildman–Crippen LogP) is 2.37. The summed E-state index contributed by atoms with van der Waals surface area (Å²) in [7, 11) is 0. The number of hydrogen-bond acceptors (Lipinski definition) is 2. The minimum Gasteiger partial charge on any atom is -0.481 e. The molecule has 0 radical (unpaired) electrons. The Balaban J connectivity index is 3.84. The molecule has 0 unspecified atom stereocenters. The van der Waals surface area contributed by atoms with Gasteiger partial charge in [0.1, 0.15) is 0 Å². The molecule has 2 amide bonds. The molecule has 0 aromatic heterocycles. The summed E-state index contributed by atoms with van der Waals surface area (Å²) in [6.45, 7) is 7.48. The average molecular weight is 258 g/mol. The van der Waals surface area contributed by atoms with Gasteiger partial charge in [-0.2, -0.15) is 0 Å². The molecular weight excluding hydrogens is 232 g/mol. The summed E-state index contributed by atoms with van der Waals surface area (Å²) in [4.78, 5) is 21.8. The maximum absolute atomic E-state index is 11.5. The van der Waals surface area contributed by atoms with E-state index in [1.54, 1.807) is 0 Å². The highest BCUT2D eigenvalue weighted by Crippen LogP contribution is 2.29. The van der Waals surface area contributed by atoms with E-state index >= 15 is 0 Å². The van der Waals surface area contributed by atoms with Crippen LogP contribution < -0.4 is 10.6 Å². The van der Waals surface area contributed by atoms with Crippen molar-refractivity contribution in [3.8, 4) is 0 Å². The lowest BCUT2D eigenvalue weighted by Gasteiger charge is -2.30. The van der Waals surface area contributed by atoms with Gasteiger partial charge in [0.25, 0.3) is 0 Å². The molecule has 0 spiro atoms. The zero-order chi connectivity index (χ0) is 14.0. The third-order valence-electron chi connectivity index (χ3n) is 3.73. The molecule has 0 aromatic carbocycles. The van der Waals surface area contributed by atoms with Gasteiger partial charge in [-0.15, -0.1) is 0 Å². The average Bonchev–Trinajstić information content (AvgIpc) is 2.37. The fraction of sp³-hybridized carbons (Fsp3) is 0.846. The number of hydrogen-bond donors (Lipinski definition) is 3. The van der Waals surface area contributed by atoms with Gasteiger partial charge in [-0.05, 0) is 31.1 Å². The standard InChI is InChI=1S/C13H26N2O3/c1-4-13(5-2,6-3)10-15-12(18)14-9-7-8-11(16)17/h4-10H2,1-3H3,(H,16,17)(H2,14,15,18). The number of carbonyl (C=O) groups is 2. The molecule has 0 rings (SSSR count). The minimum atomic E-state index is -0.834. The molecule has 0 heterocycles. The van der Waals surface area contributed by atoms with Crippen LogP contribution in [0.2, 0.25) is 0 Å². The van der Waals surface area contributed by atoms with Crippen LogP contribution in [-0.2, 0) is 4.79 Å². The largest absolute Gasteiger partial charge is 0.481 e. The van der Waals surface area contributed by atoms with Gasteiger partial charge >= 0.3 is 12.0 Å². The maximum Gasteiger partial charge on any atom is 0.314 e. The van der Waals surface area contributed by atoms with Crippen LogP contribution in [0.5, 0.6) is 0 Å². The van der Waals surface area contributed by atoms with E-state index in [4.69, 9.17) is 5.11 Å². The lowest BCUT2D eigenvalue weighted by Crippen LogP contribution is -2.42. The highest BCUT2D eigenvalue weighted by atomic mass is 16.4. The Morgan fingerprint density at radius 2 is 1.61 bits per heavy atom. The number of urea groups is 1. The van der Waals surface area contributed by atoms with Gasteiger partial charge in [-0.3, -0.25) is 4.79 Å². The molecule has 0 aliphatic carbocycles. The van der Waals surface area contributed by atoms with Crippen molar-refractivity contribution < 1.29 is 14.7 Å². The van der Waals surface area contributed by atoms with E-state index in [2.05, 4.69) is 31.4 Å². The number of rotatable bonds is 9. The smallest absolute Gasteiger partial charge is 0.314 e. The van der Waals surface area contributed by atoms with E-state index in [9.17, 15) is 9.59 Å². The Hall–Kier alpha value is -1.26. The van der Waals surface area contributed by atoms with E-state index in [1.165, 1.54) is 0 Å². The first kappa shape index (κ1) is 16.7. The minimum absolute atomic E-state index is 0.0864. The molecule has 106 valence electrons. The summed E-state index contributed by atoms with van der Waals surface area (Å²) in [5.41, 5.74) is 0.179. The lowest BCUT2D eigenvalue weighted by molar-refractivity contribution is -0.137. The summed E-state index contributed by atoms with van der Waals surface area (Å²) < 4.78 is 0. The van der Waals surface area contributed by atoms with Gasteiger partial charge in [0.2, 0.25) is 0 Å². The van der Waals surface area contributed by atoms with Crippen molar-refractivity contribution in [3.63, 3.8) is 0 Å². The predicted molar refractivity (Wildman–Crippen MR) is 71.6 cm³/mol. The molecule has 0 saturated heterocycles. The molecule has 0 aliphatic heterocycles. The van der Waals surface area contributed by atoms with Crippen molar-refractivity contribution in [2.45, 2.75) is 52.9 Å². The van der Waals surface area contributed by atoms with Crippen LogP contribution in [0, 0.1) is 5.41 Å². The van der Waals surface area contributed by atoms with Crippen molar-refractivity contribution in [1.29, 1.82) is 0 Å². The van der Waals surface area contributed by atoms with Gasteiger partial charge in [0, 0.05) is 19.5 Å². The zero-order valence-electron chi connectivity index (χ0n) is 11.7. The third kappa shape index (κ3) is 6.47. The van der Waals surface area contributed by atoms with E-state index in [1.807, 2.05) is 0 Å². The molecule has 18 heavy (non-hydrogen) atoms. The van der Waals surface area contributed by atoms with Gasteiger partial charge in [0.15, 0.2) is 0 Å². The summed E-state index contributed by atoms with van der Waals surface area (Å²) in [6, 6.07) is -0.208. The Kier molecular flexibility index (Phi) is 8.16. The zero-order valence-corrected chi connectivity index (χ0v) is 11.7. The number of carboxylic acids is 1. The molecule has 3 N–H and O–H groups in total. The highest BCUT2D eigenvalue weighted by molar-refractivity contribution is 5.74. The second-order valence-corrected chi connectivity index (χ2v) is 4.67. The quantitative estimate of drug-likeness (QED) is 0.555. The Morgan fingerprint density at radius 1 is 1.06 bits per heavy atom. The number of carbonyl (C=O) groups excluding carboxylic acids is 1. The maximum atomic E-state index is 11.5. The van der Waals surface area contributed by atoms with Gasteiger partial charge in [-0.25, -0.2) is 4.79 Å². The fourth-order valence-corrected chi connectivity index (χ4v) is 1.90. The fourth-order valence-electron chi connectivity index (χ4n) is 1.90. The normalized spacial score (nSPS) is 11.1. The van der Waals surface area contributed by atoms with Crippen LogP contribution >= 0.6 is 0 Å². The summed E-state index contributed by atoms with van der Waals surface area (Å²) in [6.07, 6.45) is 3.67. The summed E-state index contributed by atoms with van der Waals surface area (Å²) >= 11 is 0. The van der Waals surface area contributed by atoms with Crippen molar-refractivity contribution in [2.24, 2.45) is 5.41 Å². The van der Waals surface area contributed by atoms with Crippen molar-refractivity contribution in [2.75, 3.05) is 13.1 Å². The number of aliphatic carboxylic acids is 1. The van der Waals surface area contributed by atoms with Crippen LogP contribution in [0.15, 0.2) is 0 Å². The second-order valence-electron chi connectivity index (χ2n) is 4.67. The van der Waals surface area contributed by atoms with Crippen LogP contribution in [0.1, 0.15) is 52.9 Å². The Bertz CT molecular complexity index is 255. The Labute approximate surface area is 109 Å². The summed E-state index contributed by atoms with van der Waals surface area (Å²) in [5, 5.41) is 14.0. The topological polar surface area (TPSA) is 78.4 Å². The first-order valence-electron chi connectivity index (χ1n) is 6.73. The van der Waals surface area contributed by atoms with E-state index in [0.717, 1.165) is 19.3 Å². The third-order valence-corrected chi connectivity index (χ3v) is 3.73. The molecular formula is C13H26N2O3. The molecule has 0 aliphatic rings. The lowest BCUT2D eigenvalue weighted by atomic mass is 9.80. The molecule has 5 nitrogen and oxygen atoms in total. The molecule has 0 atom stereocenters.